The van der Waals surface area contributed by atoms with Crippen molar-refractivity contribution in [3.05, 3.63) is 35.4 Å². The summed E-state index contributed by atoms with van der Waals surface area (Å²) in [5, 5.41) is 0. The maximum atomic E-state index is 12.5. The van der Waals surface area contributed by atoms with Crippen LogP contribution in [0.2, 0.25) is 0 Å². The molecule has 0 bridgehead atoms. The van der Waals surface area contributed by atoms with E-state index in [2.05, 4.69) is 20.8 Å². The molecule has 0 saturated heterocycles. The minimum Gasteiger partial charge on any atom is -0.462 e. The molecule has 0 aliphatic heterocycles. The van der Waals surface area contributed by atoms with Gasteiger partial charge in [0, 0.05) is 6.42 Å². The molecule has 0 atom stereocenters. The molecule has 0 radical (unpaired) electrons. The van der Waals surface area contributed by atoms with Crippen molar-refractivity contribution in [1.29, 1.82) is 0 Å². The molecule has 0 amide bonds. The average molecular weight is 407 g/mol. The number of esters is 2. The van der Waals surface area contributed by atoms with Crippen LogP contribution in [-0.4, -0.2) is 36.4 Å². The fraction of sp³-hybridized carbons (Fsp3) is 0.667. The second-order valence-corrected chi connectivity index (χ2v) is 8.68. The van der Waals surface area contributed by atoms with Crippen LogP contribution in [0.25, 0.3) is 0 Å². The number of ether oxygens (including phenoxy) is 3. The SMILES string of the molecule is CCCCOC(=O)c1ccc(C(=O)OC(C)(C)CCOC(C)(C)CCCC)cc1. The fourth-order valence-electron chi connectivity index (χ4n) is 2.74. The second kappa shape index (κ2) is 12.0. The van der Waals surface area contributed by atoms with E-state index in [1.165, 1.54) is 0 Å². The lowest BCUT2D eigenvalue weighted by molar-refractivity contribution is -0.0586. The highest BCUT2D eigenvalue weighted by Crippen LogP contribution is 2.22. The first-order chi connectivity index (χ1) is 13.6. The minimum atomic E-state index is -0.643. The Kier molecular flexibility index (Phi) is 10.4. The summed E-state index contributed by atoms with van der Waals surface area (Å²) >= 11 is 0. The molecule has 1 rings (SSSR count). The Hall–Kier alpha value is -1.88. The Balaban J connectivity index is 2.53. The van der Waals surface area contributed by atoms with Crippen molar-refractivity contribution in [1.82, 2.24) is 0 Å². The van der Waals surface area contributed by atoms with Crippen molar-refractivity contribution in [3.63, 3.8) is 0 Å². The number of benzene rings is 1. The highest BCUT2D eigenvalue weighted by Gasteiger charge is 2.26. The third kappa shape index (κ3) is 9.93. The number of hydrogen-bond donors (Lipinski definition) is 0. The van der Waals surface area contributed by atoms with Gasteiger partial charge in [-0.3, -0.25) is 0 Å². The average Bonchev–Trinajstić information content (AvgIpc) is 2.66. The predicted molar refractivity (Wildman–Crippen MR) is 115 cm³/mol. The van der Waals surface area contributed by atoms with Crippen LogP contribution >= 0.6 is 0 Å². The standard InChI is InChI=1S/C24H38O5/c1-7-9-15-23(3,4)28-18-16-24(5,6)29-22(26)20-13-11-19(12-14-20)21(25)27-17-10-8-2/h11-14H,7-10,15-18H2,1-6H3. The van der Waals surface area contributed by atoms with Gasteiger partial charge in [0.2, 0.25) is 0 Å². The molecule has 0 aliphatic carbocycles. The molecule has 1 aromatic rings. The second-order valence-electron chi connectivity index (χ2n) is 8.68. The fourth-order valence-corrected chi connectivity index (χ4v) is 2.74. The Bertz CT molecular complexity index is 631. The molecule has 0 unspecified atom stereocenters. The third-order valence-corrected chi connectivity index (χ3v) is 4.79. The summed E-state index contributed by atoms with van der Waals surface area (Å²) in [5.41, 5.74) is 0.0277. The maximum Gasteiger partial charge on any atom is 0.338 e. The Labute approximate surface area is 176 Å². The van der Waals surface area contributed by atoms with Gasteiger partial charge < -0.3 is 14.2 Å². The number of carbonyl (C=O) groups is 2. The molecule has 164 valence electrons. The van der Waals surface area contributed by atoms with Gasteiger partial charge >= 0.3 is 11.9 Å². The zero-order valence-corrected chi connectivity index (χ0v) is 19.0. The van der Waals surface area contributed by atoms with E-state index in [1.54, 1.807) is 24.3 Å². The molecule has 0 spiro atoms. The van der Waals surface area contributed by atoms with Crippen LogP contribution in [0.5, 0.6) is 0 Å². The number of carbonyl (C=O) groups excluding carboxylic acids is 2. The van der Waals surface area contributed by atoms with Crippen LogP contribution < -0.4 is 0 Å². The van der Waals surface area contributed by atoms with Crippen molar-refractivity contribution in [3.8, 4) is 0 Å². The van der Waals surface area contributed by atoms with Crippen molar-refractivity contribution in [2.45, 2.75) is 91.3 Å². The first-order valence-corrected chi connectivity index (χ1v) is 10.7. The van der Waals surface area contributed by atoms with Crippen LogP contribution in [-0.2, 0) is 14.2 Å². The molecule has 5 nitrogen and oxygen atoms in total. The Morgan fingerprint density at radius 1 is 0.759 bits per heavy atom. The molecule has 0 aliphatic rings. The third-order valence-electron chi connectivity index (χ3n) is 4.79. The first-order valence-electron chi connectivity index (χ1n) is 10.7. The van der Waals surface area contributed by atoms with E-state index < -0.39 is 11.6 Å². The van der Waals surface area contributed by atoms with Crippen LogP contribution in [0.15, 0.2) is 24.3 Å². The molecular weight excluding hydrogens is 368 g/mol. The van der Waals surface area contributed by atoms with E-state index >= 15 is 0 Å². The molecule has 0 aromatic heterocycles. The van der Waals surface area contributed by atoms with Crippen molar-refractivity contribution in [2.24, 2.45) is 0 Å². The molecule has 0 fully saturated rings. The summed E-state index contributed by atoms with van der Waals surface area (Å²) in [5.74, 6) is -0.785. The smallest absolute Gasteiger partial charge is 0.338 e. The van der Waals surface area contributed by atoms with Gasteiger partial charge in [-0.2, -0.15) is 0 Å². The normalized spacial score (nSPS) is 11.9. The molecular formula is C24H38O5. The Morgan fingerprint density at radius 3 is 1.86 bits per heavy atom. The van der Waals surface area contributed by atoms with E-state index in [4.69, 9.17) is 14.2 Å². The summed E-state index contributed by atoms with van der Waals surface area (Å²) in [4.78, 5) is 24.4. The van der Waals surface area contributed by atoms with Crippen LogP contribution in [0.4, 0.5) is 0 Å². The van der Waals surface area contributed by atoms with E-state index in [9.17, 15) is 9.59 Å². The van der Waals surface area contributed by atoms with Gasteiger partial charge in [0.05, 0.1) is 29.9 Å². The molecule has 1 aromatic carbocycles. The summed E-state index contributed by atoms with van der Waals surface area (Å²) in [7, 11) is 0. The number of unbranched alkanes of at least 4 members (excludes halogenated alkanes) is 2. The zero-order valence-electron chi connectivity index (χ0n) is 19.0. The lowest BCUT2D eigenvalue weighted by Gasteiger charge is -2.29. The van der Waals surface area contributed by atoms with Gasteiger partial charge in [-0.05, 0) is 64.8 Å². The van der Waals surface area contributed by atoms with Gasteiger partial charge in [-0.25, -0.2) is 9.59 Å². The maximum absolute atomic E-state index is 12.5. The van der Waals surface area contributed by atoms with Gasteiger partial charge in [0.15, 0.2) is 0 Å². The first kappa shape index (κ1) is 25.2. The summed E-state index contributed by atoms with van der Waals surface area (Å²) in [6, 6.07) is 6.38. The highest BCUT2D eigenvalue weighted by molar-refractivity contribution is 5.93. The number of rotatable bonds is 13. The van der Waals surface area contributed by atoms with Crippen molar-refractivity contribution in [2.75, 3.05) is 13.2 Å². The largest absolute Gasteiger partial charge is 0.462 e. The molecule has 0 heterocycles. The van der Waals surface area contributed by atoms with Crippen molar-refractivity contribution >= 4 is 11.9 Å². The highest BCUT2D eigenvalue weighted by atomic mass is 16.6. The van der Waals surface area contributed by atoms with Crippen LogP contribution in [0.1, 0.15) is 101 Å². The van der Waals surface area contributed by atoms with Crippen molar-refractivity contribution < 1.29 is 23.8 Å². The summed E-state index contributed by atoms with van der Waals surface area (Å²) in [6.45, 7) is 13.1. The lowest BCUT2D eigenvalue weighted by Crippen LogP contribution is -2.32. The van der Waals surface area contributed by atoms with Gasteiger partial charge in [0.1, 0.15) is 5.60 Å². The molecule has 5 heteroatoms. The van der Waals surface area contributed by atoms with Gasteiger partial charge in [0.25, 0.3) is 0 Å². The van der Waals surface area contributed by atoms with E-state index in [0.717, 1.165) is 32.1 Å². The summed E-state index contributed by atoms with van der Waals surface area (Å²) < 4.78 is 16.8. The predicted octanol–water partition coefficient (Wildman–Crippen LogP) is 5.95. The van der Waals surface area contributed by atoms with E-state index in [1.807, 2.05) is 20.8 Å². The lowest BCUT2D eigenvalue weighted by atomic mass is 10.0. The van der Waals surface area contributed by atoms with E-state index in [0.29, 0.717) is 30.8 Å². The van der Waals surface area contributed by atoms with Gasteiger partial charge in [-0.15, -0.1) is 0 Å². The number of hydrogen-bond acceptors (Lipinski definition) is 5. The molecule has 0 saturated carbocycles. The van der Waals surface area contributed by atoms with Crippen LogP contribution in [0.3, 0.4) is 0 Å². The summed E-state index contributed by atoms with van der Waals surface area (Å²) in [6.07, 6.45) is 5.70. The van der Waals surface area contributed by atoms with Crippen LogP contribution in [0, 0.1) is 0 Å². The van der Waals surface area contributed by atoms with E-state index in [-0.39, 0.29) is 11.6 Å². The molecule has 29 heavy (non-hydrogen) atoms. The molecule has 0 N–H and O–H groups in total. The minimum absolute atomic E-state index is 0.169. The van der Waals surface area contributed by atoms with Gasteiger partial charge in [-0.1, -0.05) is 33.1 Å². The zero-order chi connectivity index (χ0) is 21.9. The Morgan fingerprint density at radius 2 is 1.31 bits per heavy atom. The quantitative estimate of drug-likeness (QED) is 0.299. The topological polar surface area (TPSA) is 61.8 Å². The monoisotopic (exact) mass is 406 g/mol.